The van der Waals surface area contributed by atoms with Crippen molar-refractivity contribution >= 4 is 0 Å². The normalized spacial score (nSPS) is 12.0. The molecular formula is C15H18O5. The molecule has 5 heteroatoms. The SMILES string of the molecule is COc1cc(CC(O)c2ccoc2)cc(OC)c1OC. The average Bonchev–Trinajstić information content (AvgIpc) is 3.00. The molecule has 0 saturated carbocycles. The second kappa shape index (κ2) is 6.34. The largest absolute Gasteiger partial charge is 0.493 e. The zero-order valence-electron chi connectivity index (χ0n) is 11.8. The van der Waals surface area contributed by atoms with Crippen molar-refractivity contribution < 1.29 is 23.7 Å². The highest BCUT2D eigenvalue weighted by molar-refractivity contribution is 5.54. The summed E-state index contributed by atoms with van der Waals surface area (Å²) in [6, 6.07) is 5.39. The summed E-state index contributed by atoms with van der Waals surface area (Å²) in [4.78, 5) is 0. The van der Waals surface area contributed by atoms with Crippen LogP contribution in [0.3, 0.4) is 0 Å². The van der Waals surface area contributed by atoms with Crippen LogP contribution in [0.4, 0.5) is 0 Å². The molecule has 0 fully saturated rings. The Morgan fingerprint density at radius 3 is 2.20 bits per heavy atom. The van der Waals surface area contributed by atoms with Crippen molar-refractivity contribution in [1.29, 1.82) is 0 Å². The van der Waals surface area contributed by atoms with Gasteiger partial charge in [-0.25, -0.2) is 0 Å². The van der Waals surface area contributed by atoms with E-state index < -0.39 is 6.10 Å². The highest BCUT2D eigenvalue weighted by atomic mass is 16.5. The van der Waals surface area contributed by atoms with Crippen LogP contribution in [0, 0.1) is 0 Å². The Labute approximate surface area is 117 Å². The van der Waals surface area contributed by atoms with Gasteiger partial charge in [0.15, 0.2) is 11.5 Å². The monoisotopic (exact) mass is 278 g/mol. The molecule has 20 heavy (non-hydrogen) atoms. The lowest BCUT2D eigenvalue weighted by atomic mass is 10.0. The molecule has 108 valence electrons. The minimum absolute atomic E-state index is 0.427. The summed E-state index contributed by atoms with van der Waals surface area (Å²) in [6.45, 7) is 0. The van der Waals surface area contributed by atoms with Gasteiger partial charge in [-0.2, -0.15) is 0 Å². The summed E-state index contributed by atoms with van der Waals surface area (Å²) < 4.78 is 20.8. The van der Waals surface area contributed by atoms with Crippen molar-refractivity contribution in [3.8, 4) is 17.2 Å². The molecule has 0 spiro atoms. The molecule has 0 aliphatic heterocycles. The first kappa shape index (κ1) is 14.3. The van der Waals surface area contributed by atoms with Gasteiger partial charge in [-0.3, -0.25) is 0 Å². The van der Waals surface area contributed by atoms with Gasteiger partial charge in [-0.05, 0) is 23.8 Å². The predicted octanol–water partition coefficient (Wildman–Crippen LogP) is 2.58. The molecule has 1 aromatic heterocycles. The van der Waals surface area contributed by atoms with Crippen LogP contribution in [0.15, 0.2) is 35.1 Å². The minimum Gasteiger partial charge on any atom is -0.493 e. The Bertz CT molecular complexity index is 522. The number of furan rings is 1. The van der Waals surface area contributed by atoms with E-state index in [1.165, 1.54) is 12.5 Å². The summed E-state index contributed by atoms with van der Waals surface area (Å²) in [5.41, 5.74) is 1.62. The van der Waals surface area contributed by atoms with Crippen LogP contribution in [0.2, 0.25) is 0 Å². The first-order valence-corrected chi connectivity index (χ1v) is 6.18. The molecule has 1 heterocycles. The lowest BCUT2D eigenvalue weighted by molar-refractivity contribution is 0.177. The number of methoxy groups -OCH3 is 3. The summed E-state index contributed by atoms with van der Waals surface area (Å²) in [6.07, 6.45) is 2.85. The van der Waals surface area contributed by atoms with Crippen molar-refractivity contribution in [2.45, 2.75) is 12.5 Å². The molecule has 0 bridgehead atoms. The van der Waals surface area contributed by atoms with Crippen molar-refractivity contribution in [3.63, 3.8) is 0 Å². The van der Waals surface area contributed by atoms with E-state index in [0.717, 1.165) is 11.1 Å². The lowest BCUT2D eigenvalue weighted by Crippen LogP contribution is -2.02. The Morgan fingerprint density at radius 2 is 1.75 bits per heavy atom. The van der Waals surface area contributed by atoms with Crippen LogP contribution in [0.1, 0.15) is 17.2 Å². The highest BCUT2D eigenvalue weighted by Crippen LogP contribution is 2.39. The molecule has 1 aromatic carbocycles. The van der Waals surface area contributed by atoms with E-state index >= 15 is 0 Å². The van der Waals surface area contributed by atoms with Gasteiger partial charge in [0.1, 0.15) is 0 Å². The van der Waals surface area contributed by atoms with Crippen LogP contribution >= 0.6 is 0 Å². The van der Waals surface area contributed by atoms with Crippen LogP contribution in [-0.4, -0.2) is 26.4 Å². The summed E-state index contributed by atoms with van der Waals surface area (Å²) in [5.74, 6) is 1.68. The van der Waals surface area contributed by atoms with Crippen LogP contribution in [-0.2, 0) is 6.42 Å². The Kier molecular flexibility index (Phi) is 4.53. The number of hydrogen-bond donors (Lipinski definition) is 1. The van der Waals surface area contributed by atoms with Crippen molar-refractivity contribution in [3.05, 3.63) is 41.9 Å². The molecule has 1 unspecified atom stereocenters. The fourth-order valence-corrected chi connectivity index (χ4v) is 2.06. The standard InChI is InChI=1S/C15H18O5/c1-17-13-7-10(8-14(18-2)15(13)19-3)6-12(16)11-4-5-20-9-11/h4-5,7-9,12,16H,6H2,1-3H3. The second-order valence-corrected chi connectivity index (χ2v) is 4.31. The molecule has 0 saturated heterocycles. The highest BCUT2D eigenvalue weighted by Gasteiger charge is 2.16. The van der Waals surface area contributed by atoms with Crippen molar-refractivity contribution in [1.82, 2.24) is 0 Å². The zero-order valence-corrected chi connectivity index (χ0v) is 11.8. The molecular weight excluding hydrogens is 260 g/mol. The maximum atomic E-state index is 10.1. The summed E-state index contributed by atoms with van der Waals surface area (Å²) in [7, 11) is 4.68. The maximum absolute atomic E-state index is 10.1. The van der Waals surface area contributed by atoms with Gasteiger partial charge in [0, 0.05) is 12.0 Å². The van der Waals surface area contributed by atoms with Gasteiger partial charge < -0.3 is 23.7 Å². The molecule has 0 aliphatic carbocycles. The number of hydrogen-bond acceptors (Lipinski definition) is 5. The van der Waals surface area contributed by atoms with E-state index in [4.69, 9.17) is 18.6 Å². The van der Waals surface area contributed by atoms with Crippen LogP contribution in [0.5, 0.6) is 17.2 Å². The van der Waals surface area contributed by atoms with Crippen molar-refractivity contribution in [2.75, 3.05) is 21.3 Å². The molecule has 0 aliphatic rings. The second-order valence-electron chi connectivity index (χ2n) is 4.31. The Morgan fingerprint density at radius 1 is 1.10 bits per heavy atom. The Hall–Kier alpha value is -2.14. The minimum atomic E-state index is -0.642. The number of aliphatic hydroxyl groups is 1. The van der Waals surface area contributed by atoms with Gasteiger partial charge in [0.05, 0.1) is 40.0 Å². The van der Waals surface area contributed by atoms with Crippen LogP contribution in [0.25, 0.3) is 0 Å². The maximum Gasteiger partial charge on any atom is 0.203 e. The molecule has 0 amide bonds. The van der Waals surface area contributed by atoms with Gasteiger partial charge in [-0.1, -0.05) is 0 Å². The quantitative estimate of drug-likeness (QED) is 0.880. The number of aliphatic hydroxyl groups excluding tert-OH is 1. The molecule has 5 nitrogen and oxygen atoms in total. The third kappa shape index (κ3) is 2.88. The van der Waals surface area contributed by atoms with E-state index in [1.807, 2.05) is 12.1 Å². The lowest BCUT2D eigenvalue weighted by Gasteiger charge is -2.15. The van der Waals surface area contributed by atoms with Gasteiger partial charge >= 0.3 is 0 Å². The topological polar surface area (TPSA) is 61.1 Å². The third-order valence-corrected chi connectivity index (χ3v) is 3.08. The molecule has 1 atom stereocenters. The van der Waals surface area contributed by atoms with Crippen LogP contribution < -0.4 is 14.2 Å². The molecule has 2 rings (SSSR count). The van der Waals surface area contributed by atoms with E-state index in [9.17, 15) is 5.11 Å². The van der Waals surface area contributed by atoms with E-state index in [-0.39, 0.29) is 0 Å². The number of ether oxygens (including phenoxy) is 3. The van der Waals surface area contributed by atoms with Crippen molar-refractivity contribution in [2.24, 2.45) is 0 Å². The average molecular weight is 278 g/mol. The van der Waals surface area contributed by atoms with E-state index in [0.29, 0.717) is 23.7 Å². The molecule has 0 radical (unpaired) electrons. The van der Waals surface area contributed by atoms with Gasteiger partial charge in [0.25, 0.3) is 0 Å². The smallest absolute Gasteiger partial charge is 0.203 e. The third-order valence-electron chi connectivity index (χ3n) is 3.08. The van der Waals surface area contributed by atoms with E-state index in [2.05, 4.69) is 0 Å². The summed E-state index contributed by atoms with van der Waals surface area (Å²) >= 11 is 0. The van der Waals surface area contributed by atoms with Gasteiger partial charge in [-0.15, -0.1) is 0 Å². The number of benzene rings is 1. The summed E-state index contributed by atoms with van der Waals surface area (Å²) in [5, 5.41) is 10.1. The van der Waals surface area contributed by atoms with E-state index in [1.54, 1.807) is 27.4 Å². The van der Waals surface area contributed by atoms with Gasteiger partial charge in [0.2, 0.25) is 5.75 Å². The predicted molar refractivity (Wildman–Crippen MR) is 73.5 cm³/mol. The molecule has 1 N–H and O–H groups in total. The molecule has 2 aromatic rings. The fraction of sp³-hybridized carbons (Fsp3) is 0.333. The number of rotatable bonds is 6. The first-order chi connectivity index (χ1) is 9.69. The first-order valence-electron chi connectivity index (χ1n) is 6.18. The zero-order chi connectivity index (χ0) is 14.5. The fourth-order valence-electron chi connectivity index (χ4n) is 2.06. The Balaban J connectivity index is 2.28.